The number of aryl methyl sites for hydroxylation is 2. The van der Waals surface area contributed by atoms with Gasteiger partial charge in [-0.2, -0.15) is 0 Å². The summed E-state index contributed by atoms with van der Waals surface area (Å²) in [6.07, 6.45) is 14.0. The Morgan fingerprint density at radius 3 is 1.95 bits per heavy atom. The molecule has 0 amide bonds. The molecule has 1 aromatic heterocycles. The molecular formula is C19H32O2. The SMILES string of the molecule is CCCCCCCCc1ccc(CCCCCC(C)=O)o1. The summed E-state index contributed by atoms with van der Waals surface area (Å²) >= 11 is 0. The molecule has 0 aliphatic carbocycles. The van der Waals surface area contributed by atoms with Crippen LogP contribution in [0.5, 0.6) is 0 Å². The van der Waals surface area contributed by atoms with E-state index >= 15 is 0 Å². The average Bonchev–Trinajstić information content (AvgIpc) is 2.90. The van der Waals surface area contributed by atoms with Crippen LogP contribution in [0.4, 0.5) is 0 Å². The smallest absolute Gasteiger partial charge is 0.129 e. The second kappa shape index (κ2) is 11.6. The van der Waals surface area contributed by atoms with Crippen molar-refractivity contribution >= 4 is 5.78 Å². The molecule has 1 rings (SSSR count). The van der Waals surface area contributed by atoms with E-state index < -0.39 is 0 Å². The fourth-order valence-electron chi connectivity index (χ4n) is 2.62. The number of carbonyl (C=O) groups is 1. The second-order valence-corrected chi connectivity index (χ2v) is 6.15. The van der Waals surface area contributed by atoms with E-state index in [-0.39, 0.29) is 0 Å². The van der Waals surface area contributed by atoms with Crippen LogP contribution in [0.3, 0.4) is 0 Å². The number of hydrogen-bond acceptors (Lipinski definition) is 2. The van der Waals surface area contributed by atoms with Gasteiger partial charge in [-0.05, 0) is 38.3 Å². The van der Waals surface area contributed by atoms with E-state index in [4.69, 9.17) is 4.42 Å². The highest BCUT2D eigenvalue weighted by atomic mass is 16.3. The molecule has 120 valence electrons. The molecule has 0 saturated carbocycles. The Kier molecular flexibility index (Phi) is 9.94. The van der Waals surface area contributed by atoms with Gasteiger partial charge in [-0.1, -0.05) is 45.4 Å². The Morgan fingerprint density at radius 1 is 0.857 bits per heavy atom. The monoisotopic (exact) mass is 292 g/mol. The van der Waals surface area contributed by atoms with Crippen LogP contribution in [0.1, 0.15) is 89.6 Å². The van der Waals surface area contributed by atoms with Gasteiger partial charge in [0.25, 0.3) is 0 Å². The van der Waals surface area contributed by atoms with Crippen molar-refractivity contribution in [3.63, 3.8) is 0 Å². The van der Waals surface area contributed by atoms with Crippen molar-refractivity contribution in [2.75, 3.05) is 0 Å². The first-order valence-corrected chi connectivity index (χ1v) is 8.79. The van der Waals surface area contributed by atoms with Crippen LogP contribution in [0.25, 0.3) is 0 Å². The lowest BCUT2D eigenvalue weighted by molar-refractivity contribution is -0.117. The molecule has 0 aliphatic heterocycles. The van der Waals surface area contributed by atoms with E-state index in [1.54, 1.807) is 6.92 Å². The minimum absolute atomic E-state index is 0.300. The number of carbonyl (C=O) groups excluding carboxylic acids is 1. The number of furan rings is 1. The van der Waals surface area contributed by atoms with E-state index in [9.17, 15) is 4.79 Å². The summed E-state index contributed by atoms with van der Waals surface area (Å²) in [7, 11) is 0. The summed E-state index contributed by atoms with van der Waals surface area (Å²) in [5.74, 6) is 2.55. The first-order valence-electron chi connectivity index (χ1n) is 8.79. The summed E-state index contributed by atoms with van der Waals surface area (Å²) in [4.78, 5) is 10.8. The van der Waals surface area contributed by atoms with E-state index in [0.29, 0.717) is 5.78 Å². The van der Waals surface area contributed by atoms with Gasteiger partial charge in [0, 0.05) is 19.3 Å². The van der Waals surface area contributed by atoms with Gasteiger partial charge in [0.05, 0.1) is 0 Å². The van der Waals surface area contributed by atoms with Crippen molar-refractivity contribution in [1.82, 2.24) is 0 Å². The fraction of sp³-hybridized carbons (Fsp3) is 0.737. The van der Waals surface area contributed by atoms with E-state index in [1.807, 2.05) is 0 Å². The van der Waals surface area contributed by atoms with Crippen LogP contribution in [0.2, 0.25) is 0 Å². The van der Waals surface area contributed by atoms with Gasteiger partial charge in [0.1, 0.15) is 17.3 Å². The number of rotatable bonds is 13. The lowest BCUT2D eigenvalue weighted by Gasteiger charge is -2.00. The lowest BCUT2D eigenvalue weighted by atomic mass is 10.1. The maximum absolute atomic E-state index is 10.8. The molecule has 0 fully saturated rings. The molecule has 0 spiro atoms. The standard InChI is InChI=1S/C19H32O2/c1-3-4-5-6-7-10-13-18-15-16-19(21-18)14-11-8-9-12-17(2)20/h15-16H,3-14H2,1-2H3. The molecular weight excluding hydrogens is 260 g/mol. The molecule has 0 unspecified atom stereocenters. The first-order chi connectivity index (χ1) is 10.2. The second-order valence-electron chi connectivity index (χ2n) is 6.15. The summed E-state index contributed by atoms with van der Waals surface area (Å²) in [5.41, 5.74) is 0. The number of unbranched alkanes of at least 4 members (excludes halogenated alkanes) is 7. The minimum Gasteiger partial charge on any atom is -0.466 e. The van der Waals surface area contributed by atoms with Gasteiger partial charge in [0.2, 0.25) is 0 Å². The summed E-state index contributed by atoms with van der Waals surface area (Å²) < 4.78 is 5.87. The number of ketones is 1. The molecule has 0 radical (unpaired) electrons. The fourth-order valence-corrected chi connectivity index (χ4v) is 2.62. The van der Waals surface area contributed by atoms with Crippen molar-refractivity contribution in [3.05, 3.63) is 23.7 Å². The third-order valence-corrected chi connectivity index (χ3v) is 3.95. The zero-order chi connectivity index (χ0) is 15.3. The highest BCUT2D eigenvalue weighted by Gasteiger charge is 2.02. The van der Waals surface area contributed by atoms with Crippen LogP contribution >= 0.6 is 0 Å². The van der Waals surface area contributed by atoms with Crippen molar-refractivity contribution in [2.45, 2.75) is 90.9 Å². The largest absolute Gasteiger partial charge is 0.466 e. The lowest BCUT2D eigenvalue weighted by Crippen LogP contribution is -1.90. The highest BCUT2D eigenvalue weighted by molar-refractivity contribution is 5.75. The summed E-state index contributed by atoms with van der Waals surface area (Å²) in [6, 6.07) is 4.26. The predicted molar refractivity (Wildman–Crippen MR) is 88.6 cm³/mol. The van der Waals surface area contributed by atoms with Gasteiger partial charge in [-0.25, -0.2) is 0 Å². The Bertz CT molecular complexity index is 379. The maximum atomic E-state index is 10.8. The van der Waals surface area contributed by atoms with Crippen molar-refractivity contribution < 1.29 is 9.21 Å². The Balaban J connectivity index is 2.05. The molecule has 0 bridgehead atoms. The molecule has 2 nitrogen and oxygen atoms in total. The molecule has 1 heterocycles. The zero-order valence-corrected chi connectivity index (χ0v) is 14.0. The Labute approximate surface area is 130 Å². The van der Waals surface area contributed by atoms with Gasteiger partial charge < -0.3 is 9.21 Å². The third kappa shape index (κ3) is 9.49. The summed E-state index contributed by atoms with van der Waals surface area (Å²) in [5, 5.41) is 0. The van der Waals surface area contributed by atoms with E-state index in [1.165, 1.54) is 38.5 Å². The van der Waals surface area contributed by atoms with Gasteiger partial charge in [0.15, 0.2) is 0 Å². The molecule has 21 heavy (non-hydrogen) atoms. The van der Waals surface area contributed by atoms with Crippen LogP contribution in [0.15, 0.2) is 16.5 Å². The van der Waals surface area contributed by atoms with E-state index in [2.05, 4.69) is 19.1 Å². The summed E-state index contributed by atoms with van der Waals surface area (Å²) in [6.45, 7) is 3.92. The molecule has 0 N–H and O–H groups in total. The Morgan fingerprint density at radius 2 is 1.38 bits per heavy atom. The highest BCUT2D eigenvalue weighted by Crippen LogP contribution is 2.15. The van der Waals surface area contributed by atoms with Gasteiger partial charge in [-0.3, -0.25) is 0 Å². The van der Waals surface area contributed by atoms with Gasteiger partial charge in [-0.15, -0.1) is 0 Å². The normalized spacial score (nSPS) is 11.0. The predicted octanol–water partition coefficient (Wildman–Crippen LogP) is 5.87. The zero-order valence-electron chi connectivity index (χ0n) is 14.0. The van der Waals surface area contributed by atoms with Crippen LogP contribution in [-0.2, 0) is 17.6 Å². The topological polar surface area (TPSA) is 30.2 Å². The number of hydrogen-bond donors (Lipinski definition) is 0. The Hall–Kier alpha value is -1.05. The quantitative estimate of drug-likeness (QED) is 0.425. The van der Waals surface area contributed by atoms with Crippen molar-refractivity contribution in [2.24, 2.45) is 0 Å². The van der Waals surface area contributed by atoms with Crippen molar-refractivity contribution in [1.29, 1.82) is 0 Å². The maximum Gasteiger partial charge on any atom is 0.129 e. The molecule has 2 heteroatoms. The first kappa shape index (κ1) is 18.0. The minimum atomic E-state index is 0.300. The van der Waals surface area contributed by atoms with Gasteiger partial charge >= 0.3 is 0 Å². The van der Waals surface area contributed by atoms with E-state index in [0.717, 1.165) is 50.0 Å². The average molecular weight is 292 g/mol. The molecule has 0 aliphatic rings. The van der Waals surface area contributed by atoms with Crippen molar-refractivity contribution in [3.8, 4) is 0 Å². The molecule has 0 atom stereocenters. The molecule has 0 aromatic carbocycles. The number of Topliss-reactive ketones (excluding diaryl/α,β-unsaturated/α-hetero) is 1. The van der Waals surface area contributed by atoms with Crippen LogP contribution in [-0.4, -0.2) is 5.78 Å². The third-order valence-electron chi connectivity index (χ3n) is 3.95. The molecule has 1 aromatic rings. The molecule has 0 saturated heterocycles. The van der Waals surface area contributed by atoms with Crippen LogP contribution < -0.4 is 0 Å². The van der Waals surface area contributed by atoms with Crippen LogP contribution in [0, 0.1) is 0 Å².